The number of rotatable bonds is 1. The molecule has 0 saturated carbocycles. The van der Waals surface area contributed by atoms with Crippen molar-refractivity contribution in [2.45, 2.75) is 52.6 Å². The maximum Gasteiger partial charge on any atom is 0.246 e. The predicted octanol–water partition coefficient (Wildman–Crippen LogP) is 2.80. The van der Waals surface area contributed by atoms with Gasteiger partial charge in [0.25, 0.3) is 0 Å². The molecule has 2 rings (SSSR count). The normalized spacial score (nSPS) is 23.3. The highest BCUT2D eigenvalue weighted by Crippen LogP contribution is 2.28. The smallest absolute Gasteiger partial charge is 0.246 e. The lowest BCUT2D eigenvalue weighted by Crippen LogP contribution is -2.53. The van der Waals surface area contributed by atoms with E-state index in [2.05, 4.69) is 38.2 Å². The van der Waals surface area contributed by atoms with Crippen LogP contribution < -0.4 is 10.2 Å². The molecule has 1 fully saturated rings. The fourth-order valence-corrected chi connectivity index (χ4v) is 2.96. The summed E-state index contributed by atoms with van der Waals surface area (Å²) >= 11 is 0. The van der Waals surface area contributed by atoms with Crippen LogP contribution in [0.4, 0.5) is 5.69 Å². The summed E-state index contributed by atoms with van der Waals surface area (Å²) < 4.78 is 0. The molecule has 0 aromatic heterocycles. The molecule has 19 heavy (non-hydrogen) atoms. The summed E-state index contributed by atoms with van der Waals surface area (Å²) in [5.74, 6) is 0.161. The average molecular weight is 260 g/mol. The molecule has 1 aromatic carbocycles. The summed E-state index contributed by atoms with van der Waals surface area (Å²) in [6.45, 7) is 11.0. The maximum absolute atomic E-state index is 12.8. The third-order valence-electron chi connectivity index (χ3n) is 3.88. The highest BCUT2D eigenvalue weighted by molar-refractivity contribution is 6.01. The minimum atomic E-state index is -0.509. The Morgan fingerprint density at radius 2 is 1.84 bits per heavy atom. The van der Waals surface area contributed by atoms with Gasteiger partial charge >= 0.3 is 0 Å². The molecule has 3 heteroatoms. The standard InChI is InChI=1S/C16H24N2O/c1-11-7-6-8-12(2)14(11)18-10-9-13(3)17-16(4,5)15(18)19/h6-8,13,17H,9-10H2,1-5H3. The Bertz CT molecular complexity index is 473. The average Bonchev–Trinajstić information content (AvgIpc) is 2.39. The van der Waals surface area contributed by atoms with Crippen LogP contribution in [0.5, 0.6) is 0 Å². The van der Waals surface area contributed by atoms with E-state index in [4.69, 9.17) is 0 Å². The van der Waals surface area contributed by atoms with Crippen LogP contribution in [0.3, 0.4) is 0 Å². The number of aryl methyl sites for hydroxylation is 2. The van der Waals surface area contributed by atoms with Crippen molar-refractivity contribution in [3.05, 3.63) is 29.3 Å². The first-order chi connectivity index (χ1) is 8.83. The number of nitrogens with zero attached hydrogens (tertiary/aromatic N) is 1. The highest BCUT2D eigenvalue weighted by Gasteiger charge is 2.37. The maximum atomic E-state index is 12.8. The number of hydrogen-bond donors (Lipinski definition) is 1. The van der Waals surface area contributed by atoms with E-state index < -0.39 is 5.54 Å². The van der Waals surface area contributed by atoms with Crippen molar-refractivity contribution in [1.29, 1.82) is 0 Å². The van der Waals surface area contributed by atoms with Crippen LogP contribution in [0.2, 0.25) is 0 Å². The lowest BCUT2D eigenvalue weighted by atomic mass is 10.0. The SMILES string of the molecule is Cc1cccc(C)c1N1CCC(C)NC(C)(C)C1=O. The van der Waals surface area contributed by atoms with Crippen LogP contribution in [0.15, 0.2) is 18.2 Å². The number of amides is 1. The molecule has 0 radical (unpaired) electrons. The minimum absolute atomic E-state index is 0.161. The first kappa shape index (κ1) is 14.1. The quantitative estimate of drug-likeness (QED) is 0.842. The Hall–Kier alpha value is -1.35. The summed E-state index contributed by atoms with van der Waals surface area (Å²) in [7, 11) is 0. The molecule has 0 spiro atoms. The number of benzene rings is 1. The number of carbonyl (C=O) groups excluding carboxylic acids is 1. The molecule has 1 amide bonds. The van der Waals surface area contributed by atoms with E-state index in [0.29, 0.717) is 6.04 Å². The van der Waals surface area contributed by atoms with E-state index in [9.17, 15) is 4.79 Å². The molecular weight excluding hydrogens is 236 g/mol. The Morgan fingerprint density at radius 3 is 2.42 bits per heavy atom. The van der Waals surface area contributed by atoms with Crippen molar-refractivity contribution in [3.63, 3.8) is 0 Å². The van der Waals surface area contributed by atoms with Gasteiger partial charge in [-0.15, -0.1) is 0 Å². The van der Waals surface area contributed by atoms with Crippen molar-refractivity contribution in [3.8, 4) is 0 Å². The van der Waals surface area contributed by atoms with Gasteiger partial charge in [-0.2, -0.15) is 0 Å². The molecule has 0 aliphatic carbocycles. The Kier molecular flexibility index (Phi) is 3.68. The first-order valence-corrected chi connectivity index (χ1v) is 6.99. The number of carbonyl (C=O) groups is 1. The van der Waals surface area contributed by atoms with Gasteiger partial charge in [0.15, 0.2) is 0 Å². The van der Waals surface area contributed by atoms with Gasteiger partial charge in [-0.3, -0.25) is 4.79 Å². The van der Waals surface area contributed by atoms with Crippen LogP contribution in [-0.2, 0) is 4.79 Å². The molecule has 1 heterocycles. The fraction of sp³-hybridized carbons (Fsp3) is 0.562. The van der Waals surface area contributed by atoms with E-state index in [1.807, 2.05) is 24.8 Å². The van der Waals surface area contributed by atoms with Gasteiger partial charge in [0.2, 0.25) is 5.91 Å². The summed E-state index contributed by atoms with van der Waals surface area (Å²) in [4.78, 5) is 14.7. The van der Waals surface area contributed by atoms with E-state index in [1.54, 1.807) is 0 Å². The van der Waals surface area contributed by atoms with Gasteiger partial charge in [-0.05, 0) is 52.2 Å². The van der Waals surface area contributed by atoms with Gasteiger partial charge in [-0.1, -0.05) is 18.2 Å². The van der Waals surface area contributed by atoms with Gasteiger partial charge in [0.1, 0.15) is 0 Å². The largest absolute Gasteiger partial charge is 0.310 e. The van der Waals surface area contributed by atoms with Crippen molar-refractivity contribution in [2.75, 3.05) is 11.4 Å². The molecule has 1 aromatic rings. The van der Waals surface area contributed by atoms with Crippen LogP contribution in [0.1, 0.15) is 38.3 Å². The Labute approximate surface area is 116 Å². The summed E-state index contributed by atoms with van der Waals surface area (Å²) in [6, 6.07) is 6.55. The Morgan fingerprint density at radius 1 is 1.26 bits per heavy atom. The lowest BCUT2D eigenvalue weighted by Gasteiger charge is -2.31. The van der Waals surface area contributed by atoms with Crippen molar-refractivity contribution >= 4 is 11.6 Å². The number of hydrogen-bond acceptors (Lipinski definition) is 2. The van der Waals surface area contributed by atoms with Crippen molar-refractivity contribution < 1.29 is 4.79 Å². The summed E-state index contributed by atoms with van der Waals surface area (Å²) in [6.07, 6.45) is 0.975. The summed E-state index contributed by atoms with van der Waals surface area (Å²) in [5.41, 5.74) is 2.90. The first-order valence-electron chi connectivity index (χ1n) is 6.99. The van der Waals surface area contributed by atoms with Gasteiger partial charge in [0, 0.05) is 18.3 Å². The van der Waals surface area contributed by atoms with Crippen molar-refractivity contribution in [2.24, 2.45) is 0 Å². The second-order valence-corrected chi connectivity index (χ2v) is 6.16. The number of anilines is 1. The molecule has 3 nitrogen and oxygen atoms in total. The zero-order valence-electron chi connectivity index (χ0n) is 12.6. The van der Waals surface area contributed by atoms with Gasteiger partial charge < -0.3 is 10.2 Å². The van der Waals surface area contributed by atoms with E-state index >= 15 is 0 Å². The monoisotopic (exact) mass is 260 g/mol. The molecule has 1 aliphatic rings. The van der Waals surface area contributed by atoms with Gasteiger partial charge in [-0.25, -0.2) is 0 Å². The third kappa shape index (κ3) is 2.66. The predicted molar refractivity (Wildman–Crippen MR) is 79.6 cm³/mol. The third-order valence-corrected chi connectivity index (χ3v) is 3.88. The van der Waals surface area contributed by atoms with E-state index in [1.165, 1.54) is 11.1 Å². The molecule has 1 saturated heterocycles. The molecule has 1 unspecified atom stereocenters. The molecular formula is C16H24N2O. The van der Waals surface area contributed by atoms with Crippen molar-refractivity contribution in [1.82, 2.24) is 5.32 Å². The van der Waals surface area contributed by atoms with Crippen LogP contribution in [0, 0.1) is 13.8 Å². The topological polar surface area (TPSA) is 32.3 Å². The fourth-order valence-electron chi connectivity index (χ4n) is 2.96. The molecule has 0 bridgehead atoms. The van der Waals surface area contributed by atoms with Crippen LogP contribution in [-0.4, -0.2) is 24.0 Å². The molecule has 104 valence electrons. The summed E-state index contributed by atoms with van der Waals surface area (Å²) in [5, 5.41) is 3.42. The van der Waals surface area contributed by atoms with E-state index in [0.717, 1.165) is 18.7 Å². The second kappa shape index (κ2) is 4.97. The zero-order chi connectivity index (χ0) is 14.2. The lowest BCUT2D eigenvalue weighted by molar-refractivity contribution is -0.123. The molecule has 1 aliphatic heterocycles. The number of nitrogens with one attached hydrogen (secondary N) is 1. The van der Waals surface area contributed by atoms with Gasteiger partial charge in [0.05, 0.1) is 5.54 Å². The minimum Gasteiger partial charge on any atom is -0.310 e. The highest BCUT2D eigenvalue weighted by atomic mass is 16.2. The van der Waals surface area contributed by atoms with Crippen LogP contribution >= 0.6 is 0 Å². The Balaban J connectivity index is 2.46. The zero-order valence-corrected chi connectivity index (χ0v) is 12.6. The van der Waals surface area contributed by atoms with E-state index in [-0.39, 0.29) is 5.91 Å². The second-order valence-electron chi connectivity index (χ2n) is 6.16. The van der Waals surface area contributed by atoms with Crippen LogP contribution in [0.25, 0.3) is 0 Å². The number of para-hydroxylation sites is 1. The molecule has 1 atom stereocenters. The molecule has 1 N–H and O–H groups in total.